The molecule has 2 atom stereocenters. The molecular weight excluding hydrogens is 332 g/mol. The Hall–Kier alpha value is -0.910. The van der Waals surface area contributed by atoms with Gasteiger partial charge in [0.15, 0.2) is 0 Å². The molecule has 2 bridgehead atoms. The summed E-state index contributed by atoms with van der Waals surface area (Å²) in [6.07, 6.45) is 8.88. The largest absolute Gasteiger partial charge is 0.297 e. The average molecular weight is 365 g/mol. The summed E-state index contributed by atoms with van der Waals surface area (Å²) < 4.78 is 27.6. The highest BCUT2D eigenvalue weighted by Gasteiger charge is 2.47. The summed E-state index contributed by atoms with van der Waals surface area (Å²) in [7, 11) is -3.34. The second kappa shape index (κ2) is 8.19. The van der Waals surface area contributed by atoms with Crippen LogP contribution in [0.2, 0.25) is 0 Å². The van der Waals surface area contributed by atoms with Gasteiger partial charge in [-0.3, -0.25) is 4.90 Å². The Labute approximate surface area is 153 Å². The summed E-state index contributed by atoms with van der Waals surface area (Å²) in [5.74, 6) is 0. The first-order valence-electron chi connectivity index (χ1n) is 9.85. The molecule has 0 amide bonds. The van der Waals surface area contributed by atoms with Crippen molar-refractivity contribution in [1.82, 2.24) is 9.21 Å². The van der Waals surface area contributed by atoms with E-state index in [9.17, 15) is 8.42 Å². The molecule has 4 nitrogen and oxygen atoms in total. The molecule has 25 heavy (non-hydrogen) atoms. The number of hydrogen-bond donors (Lipinski definition) is 0. The van der Waals surface area contributed by atoms with E-state index in [-0.39, 0.29) is 6.04 Å². The maximum Gasteiger partial charge on any atom is 0.243 e. The highest BCUT2D eigenvalue weighted by atomic mass is 32.2. The van der Waals surface area contributed by atoms with Gasteiger partial charge in [0.1, 0.15) is 0 Å². The predicted molar refractivity (Wildman–Crippen MR) is 102 cm³/mol. The molecule has 2 fully saturated rings. The van der Waals surface area contributed by atoms with Crippen LogP contribution in [0.25, 0.3) is 0 Å². The lowest BCUT2D eigenvalue weighted by Crippen LogP contribution is -2.48. The fraction of sp³-hybridized carbons (Fsp3) is 0.700. The normalized spacial score (nSPS) is 24.2. The Morgan fingerprint density at radius 2 is 1.64 bits per heavy atom. The number of aryl methyl sites for hydroxylation is 1. The van der Waals surface area contributed by atoms with Crippen LogP contribution in [0.4, 0.5) is 0 Å². The number of fused-ring (bicyclic) bond motifs is 2. The summed E-state index contributed by atoms with van der Waals surface area (Å²) in [6, 6.07) is 7.82. The fourth-order valence-electron chi connectivity index (χ4n) is 4.22. The van der Waals surface area contributed by atoms with Gasteiger partial charge in [-0.15, -0.1) is 0 Å². The Kier molecular flexibility index (Phi) is 6.18. The van der Waals surface area contributed by atoms with E-state index in [1.165, 1.54) is 38.5 Å². The van der Waals surface area contributed by atoms with Crippen molar-refractivity contribution in [2.75, 3.05) is 19.6 Å². The summed E-state index contributed by atoms with van der Waals surface area (Å²) in [5, 5.41) is 0. The van der Waals surface area contributed by atoms with Gasteiger partial charge in [0.05, 0.1) is 4.90 Å². The molecule has 5 heteroatoms. The minimum atomic E-state index is -3.34. The Morgan fingerprint density at radius 3 is 2.28 bits per heavy atom. The maximum absolute atomic E-state index is 12.9. The molecule has 1 aromatic rings. The smallest absolute Gasteiger partial charge is 0.243 e. The molecule has 0 N–H and O–H groups in total. The molecule has 3 rings (SSSR count). The Bertz CT molecular complexity index is 657. The molecule has 2 aliphatic rings. The minimum absolute atomic E-state index is 0.163. The highest BCUT2D eigenvalue weighted by Crippen LogP contribution is 2.35. The van der Waals surface area contributed by atoms with Crippen molar-refractivity contribution < 1.29 is 8.42 Å². The zero-order valence-electron chi connectivity index (χ0n) is 15.7. The standard InChI is InChI=1S/C20H32N2O2S/c1-3-4-5-6-7-8-13-21-15-19-14-18(21)16-22(19)25(23,24)20-11-9-17(2)10-12-20/h9-12,18-19H,3-8,13-16H2,1-2H3/t18-,19-/m0/s1. The van der Waals surface area contributed by atoms with Gasteiger partial charge < -0.3 is 0 Å². The highest BCUT2D eigenvalue weighted by molar-refractivity contribution is 7.89. The second-order valence-corrected chi connectivity index (χ2v) is 9.58. The Balaban J connectivity index is 1.50. The first kappa shape index (κ1) is 18.9. The number of hydrogen-bond acceptors (Lipinski definition) is 3. The van der Waals surface area contributed by atoms with Crippen LogP contribution in [0.15, 0.2) is 29.2 Å². The van der Waals surface area contributed by atoms with Crippen molar-refractivity contribution >= 4 is 10.0 Å². The lowest BCUT2D eigenvalue weighted by atomic mass is 10.1. The predicted octanol–water partition coefficient (Wildman–Crippen LogP) is 3.80. The van der Waals surface area contributed by atoms with Gasteiger partial charge in [-0.25, -0.2) is 8.42 Å². The van der Waals surface area contributed by atoms with E-state index in [1.54, 1.807) is 16.4 Å². The number of sulfonamides is 1. The van der Waals surface area contributed by atoms with Crippen molar-refractivity contribution in [2.45, 2.75) is 75.8 Å². The topological polar surface area (TPSA) is 40.6 Å². The summed E-state index contributed by atoms with van der Waals surface area (Å²) in [5.41, 5.74) is 1.09. The third kappa shape index (κ3) is 4.26. The number of likely N-dealkylation sites (tertiary alicyclic amines) is 1. The van der Waals surface area contributed by atoms with Crippen LogP contribution in [-0.2, 0) is 10.0 Å². The van der Waals surface area contributed by atoms with Crippen LogP contribution in [0.5, 0.6) is 0 Å². The van der Waals surface area contributed by atoms with Gasteiger partial charge >= 0.3 is 0 Å². The zero-order valence-corrected chi connectivity index (χ0v) is 16.5. The van der Waals surface area contributed by atoms with Crippen molar-refractivity contribution in [2.24, 2.45) is 0 Å². The van der Waals surface area contributed by atoms with E-state index in [1.807, 2.05) is 19.1 Å². The summed E-state index contributed by atoms with van der Waals surface area (Å²) >= 11 is 0. The molecule has 2 heterocycles. The van der Waals surface area contributed by atoms with Crippen LogP contribution in [0.3, 0.4) is 0 Å². The molecule has 0 radical (unpaired) electrons. The van der Waals surface area contributed by atoms with Crippen LogP contribution >= 0.6 is 0 Å². The second-order valence-electron chi connectivity index (χ2n) is 7.69. The monoisotopic (exact) mass is 364 g/mol. The number of piperazine rings is 1. The van der Waals surface area contributed by atoms with E-state index < -0.39 is 10.0 Å². The van der Waals surface area contributed by atoms with Gasteiger partial charge in [-0.1, -0.05) is 56.7 Å². The van der Waals surface area contributed by atoms with Crippen molar-refractivity contribution in [1.29, 1.82) is 0 Å². The minimum Gasteiger partial charge on any atom is -0.297 e. The summed E-state index contributed by atoms with van der Waals surface area (Å²) in [4.78, 5) is 2.96. The van der Waals surface area contributed by atoms with Gasteiger partial charge in [-0.05, 0) is 38.4 Å². The lowest BCUT2D eigenvalue weighted by molar-refractivity contribution is 0.178. The molecule has 140 valence electrons. The maximum atomic E-state index is 12.9. The van der Waals surface area contributed by atoms with Crippen molar-refractivity contribution in [3.8, 4) is 0 Å². The van der Waals surface area contributed by atoms with Gasteiger partial charge in [0, 0.05) is 25.2 Å². The molecule has 1 aromatic carbocycles. The van der Waals surface area contributed by atoms with Gasteiger partial charge in [0.2, 0.25) is 10.0 Å². The molecule has 0 spiro atoms. The quantitative estimate of drug-likeness (QED) is 0.626. The van der Waals surface area contributed by atoms with E-state index >= 15 is 0 Å². The molecule has 2 aliphatic heterocycles. The first-order chi connectivity index (χ1) is 12.0. The molecule has 0 saturated carbocycles. The van der Waals surface area contributed by atoms with E-state index in [4.69, 9.17) is 0 Å². The van der Waals surface area contributed by atoms with Crippen molar-refractivity contribution in [3.63, 3.8) is 0 Å². The molecular formula is C20H32N2O2S. The number of benzene rings is 1. The van der Waals surface area contributed by atoms with E-state index in [2.05, 4.69) is 11.8 Å². The number of unbranched alkanes of at least 4 members (excludes halogenated alkanes) is 5. The van der Waals surface area contributed by atoms with Gasteiger partial charge in [-0.2, -0.15) is 4.31 Å². The number of nitrogens with zero attached hydrogens (tertiary/aromatic N) is 2. The molecule has 2 saturated heterocycles. The van der Waals surface area contributed by atoms with Crippen molar-refractivity contribution in [3.05, 3.63) is 29.8 Å². The Morgan fingerprint density at radius 1 is 0.960 bits per heavy atom. The number of rotatable bonds is 9. The molecule has 0 aromatic heterocycles. The SMILES string of the molecule is CCCCCCCCN1C[C@@H]2C[C@H]1CN2S(=O)(=O)c1ccc(C)cc1. The first-order valence-corrected chi connectivity index (χ1v) is 11.3. The third-order valence-corrected chi connectivity index (χ3v) is 7.66. The van der Waals surface area contributed by atoms with Crippen LogP contribution in [-0.4, -0.2) is 49.3 Å². The van der Waals surface area contributed by atoms with Gasteiger partial charge in [0.25, 0.3) is 0 Å². The van der Waals surface area contributed by atoms with Crippen LogP contribution in [0, 0.1) is 6.92 Å². The fourth-order valence-corrected chi connectivity index (χ4v) is 5.89. The third-order valence-electron chi connectivity index (χ3n) is 5.73. The van der Waals surface area contributed by atoms with E-state index in [0.29, 0.717) is 17.5 Å². The molecule has 0 unspecified atom stereocenters. The zero-order chi connectivity index (χ0) is 17.9. The van der Waals surface area contributed by atoms with Crippen LogP contribution in [0.1, 0.15) is 57.4 Å². The van der Waals surface area contributed by atoms with E-state index in [0.717, 1.165) is 25.1 Å². The molecule has 0 aliphatic carbocycles. The summed E-state index contributed by atoms with van der Waals surface area (Å²) in [6.45, 7) is 6.93. The average Bonchev–Trinajstić information content (AvgIpc) is 3.19. The van der Waals surface area contributed by atoms with Crippen LogP contribution < -0.4 is 0 Å². The lowest BCUT2D eigenvalue weighted by Gasteiger charge is -2.33.